The zero-order valence-corrected chi connectivity index (χ0v) is 14.6. The van der Waals surface area contributed by atoms with Crippen molar-refractivity contribution < 1.29 is 22.7 Å². The van der Waals surface area contributed by atoms with Gasteiger partial charge in [0, 0.05) is 31.2 Å². The molecule has 0 radical (unpaired) electrons. The van der Waals surface area contributed by atoms with Crippen LogP contribution in [0.5, 0.6) is 11.5 Å². The minimum Gasteiger partial charge on any atom is -0.497 e. The van der Waals surface area contributed by atoms with E-state index in [0.29, 0.717) is 30.9 Å². The van der Waals surface area contributed by atoms with Crippen LogP contribution in [0.15, 0.2) is 23.1 Å². The first kappa shape index (κ1) is 17.7. The van der Waals surface area contributed by atoms with Crippen LogP contribution in [0.4, 0.5) is 0 Å². The average Bonchev–Trinajstić information content (AvgIpc) is 2.60. The van der Waals surface area contributed by atoms with E-state index in [4.69, 9.17) is 9.47 Å². The van der Waals surface area contributed by atoms with Crippen LogP contribution in [0, 0.1) is 0 Å². The number of hydrogen-bond donors (Lipinski definition) is 0. The van der Waals surface area contributed by atoms with Gasteiger partial charge < -0.3 is 9.47 Å². The summed E-state index contributed by atoms with van der Waals surface area (Å²) < 4.78 is 37.7. The van der Waals surface area contributed by atoms with Gasteiger partial charge >= 0.3 is 0 Å². The van der Waals surface area contributed by atoms with Gasteiger partial charge in [-0.05, 0) is 12.8 Å². The van der Waals surface area contributed by atoms with Gasteiger partial charge in [-0.3, -0.25) is 4.79 Å². The lowest BCUT2D eigenvalue weighted by Crippen LogP contribution is -2.47. The molecule has 23 heavy (non-hydrogen) atoms. The molecule has 1 aromatic rings. The summed E-state index contributed by atoms with van der Waals surface area (Å²) in [5.41, 5.74) is 0. The highest BCUT2D eigenvalue weighted by molar-refractivity contribution is 7.89. The molecule has 7 heteroatoms. The summed E-state index contributed by atoms with van der Waals surface area (Å²) in [5.74, 6) is 0.764. The van der Waals surface area contributed by atoms with Gasteiger partial charge in [-0.15, -0.1) is 0 Å². The lowest BCUT2D eigenvalue weighted by atomic mass is 10.00. The minimum atomic E-state index is -3.78. The van der Waals surface area contributed by atoms with Crippen molar-refractivity contribution in [3.8, 4) is 11.5 Å². The monoisotopic (exact) mass is 341 g/mol. The maximum Gasteiger partial charge on any atom is 0.244 e. The van der Waals surface area contributed by atoms with Crippen molar-refractivity contribution in [2.45, 2.75) is 43.5 Å². The van der Waals surface area contributed by atoms with Crippen LogP contribution in [-0.2, 0) is 14.8 Å². The van der Waals surface area contributed by atoms with Gasteiger partial charge in [-0.2, -0.15) is 4.31 Å². The average molecular weight is 341 g/mol. The number of methoxy groups -OCH3 is 2. The molecule has 1 fully saturated rings. The Morgan fingerprint density at radius 2 is 1.78 bits per heavy atom. The number of nitrogens with zero attached hydrogens (tertiary/aromatic N) is 1. The highest BCUT2D eigenvalue weighted by Gasteiger charge is 2.37. The van der Waals surface area contributed by atoms with Crippen molar-refractivity contribution in [3.05, 3.63) is 18.2 Å². The highest BCUT2D eigenvalue weighted by atomic mass is 32.2. The summed E-state index contributed by atoms with van der Waals surface area (Å²) in [6.07, 6.45) is 2.53. The Bertz CT molecular complexity index is 649. The number of sulfonamides is 1. The predicted molar refractivity (Wildman–Crippen MR) is 86.4 cm³/mol. The largest absolute Gasteiger partial charge is 0.497 e. The SMILES string of the molecule is CCC(=O)C1CCCCN1S(=O)(=O)c1cc(OC)cc(OC)c1. The standard InChI is InChI=1S/C16H23NO5S/c1-4-16(18)15-7-5-6-8-17(15)23(19,20)14-10-12(21-2)9-13(11-14)22-3/h9-11,15H,4-8H2,1-3H3. The predicted octanol–water partition coefficient (Wildman–Crippen LogP) is 2.23. The third-order valence-electron chi connectivity index (χ3n) is 4.11. The molecule has 1 atom stereocenters. The Balaban J connectivity index is 2.45. The smallest absolute Gasteiger partial charge is 0.244 e. The van der Waals surface area contributed by atoms with E-state index in [9.17, 15) is 13.2 Å². The number of piperidine rings is 1. The van der Waals surface area contributed by atoms with Gasteiger partial charge in [0.2, 0.25) is 10.0 Å². The molecule has 1 unspecified atom stereocenters. The summed E-state index contributed by atoms with van der Waals surface area (Å²) >= 11 is 0. The van der Waals surface area contributed by atoms with Crippen molar-refractivity contribution >= 4 is 15.8 Å². The van der Waals surface area contributed by atoms with Crippen molar-refractivity contribution in [3.63, 3.8) is 0 Å². The topological polar surface area (TPSA) is 72.9 Å². The summed E-state index contributed by atoms with van der Waals surface area (Å²) in [4.78, 5) is 12.2. The molecule has 0 spiro atoms. The number of carbonyl (C=O) groups excluding carboxylic acids is 1. The van der Waals surface area contributed by atoms with Crippen LogP contribution in [0.1, 0.15) is 32.6 Å². The fraction of sp³-hybridized carbons (Fsp3) is 0.562. The zero-order valence-electron chi connectivity index (χ0n) is 13.7. The number of carbonyl (C=O) groups is 1. The van der Waals surface area contributed by atoms with E-state index < -0.39 is 16.1 Å². The van der Waals surface area contributed by atoms with Gasteiger partial charge in [-0.25, -0.2) is 8.42 Å². The minimum absolute atomic E-state index is 0.0388. The molecule has 0 bridgehead atoms. The van der Waals surface area contributed by atoms with Crippen LogP contribution in [0.25, 0.3) is 0 Å². The normalized spacial score (nSPS) is 19.3. The Labute approximate surface area is 137 Å². The first-order chi connectivity index (χ1) is 10.9. The molecule has 6 nitrogen and oxygen atoms in total. The lowest BCUT2D eigenvalue weighted by Gasteiger charge is -2.33. The fourth-order valence-electron chi connectivity index (χ4n) is 2.82. The molecule has 2 rings (SSSR count). The number of ketones is 1. The van der Waals surface area contributed by atoms with Crippen molar-refractivity contribution in [2.75, 3.05) is 20.8 Å². The van der Waals surface area contributed by atoms with E-state index in [1.807, 2.05) is 0 Å². The molecular formula is C16H23NO5S. The van der Waals surface area contributed by atoms with E-state index in [2.05, 4.69) is 0 Å². The summed E-state index contributed by atoms with van der Waals surface area (Å²) in [5, 5.41) is 0. The van der Waals surface area contributed by atoms with E-state index in [-0.39, 0.29) is 10.7 Å². The Morgan fingerprint density at radius 3 is 2.30 bits per heavy atom. The number of rotatable bonds is 6. The second-order valence-corrected chi connectivity index (χ2v) is 7.39. The maximum absolute atomic E-state index is 13.0. The van der Waals surface area contributed by atoms with Crippen LogP contribution in [0.2, 0.25) is 0 Å². The van der Waals surface area contributed by atoms with Crippen molar-refractivity contribution in [1.82, 2.24) is 4.31 Å². The number of ether oxygens (including phenoxy) is 2. The second kappa shape index (κ2) is 7.31. The first-order valence-corrected chi connectivity index (χ1v) is 9.15. The van der Waals surface area contributed by atoms with E-state index >= 15 is 0 Å². The fourth-order valence-corrected chi connectivity index (χ4v) is 4.54. The third-order valence-corrected chi connectivity index (χ3v) is 5.99. The number of Topliss-reactive ketones (excluding diaryl/α,β-unsaturated/α-hetero) is 1. The Kier molecular flexibility index (Phi) is 5.64. The molecule has 0 aliphatic carbocycles. The lowest BCUT2D eigenvalue weighted by molar-refractivity contribution is -0.123. The second-order valence-electron chi connectivity index (χ2n) is 5.50. The molecule has 0 N–H and O–H groups in total. The van der Waals surface area contributed by atoms with E-state index in [0.717, 1.165) is 12.8 Å². The zero-order chi connectivity index (χ0) is 17.0. The van der Waals surface area contributed by atoms with Crippen molar-refractivity contribution in [2.24, 2.45) is 0 Å². The molecule has 1 saturated heterocycles. The van der Waals surface area contributed by atoms with E-state index in [1.54, 1.807) is 13.0 Å². The van der Waals surface area contributed by atoms with Crippen molar-refractivity contribution in [1.29, 1.82) is 0 Å². The summed E-state index contributed by atoms with van der Waals surface area (Å²) in [6, 6.07) is 3.96. The molecular weight excluding hydrogens is 318 g/mol. The quantitative estimate of drug-likeness (QED) is 0.793. The molecule has 1 aromatic carbocycles. The van der Waals surface area contributed by atoms with Gasteiger partial charge in [0.15, 0.2) is 5.78 Å². The molecule has 128 valence electrons. The Morgan fingerprint density at radius 1 is 1.17 bits per heavy atom. The summed E-state index contributed by atoms with van der Waals surface area (Å²) in [6.45, 7) is 2.12. The molecule has 1 aliphatic rings. The van der Waals surface area contributed by atoms with Crippen LogP contribution < -0.4 is 9.47 Å². The molecule has 0 aromatic heterocycles. The van der Waals surface area contributed by atoms with Crippen LogP contribution >= 0.6 is 0 Å². The Hall–Kier alpha value is -1.60. The molecule has 1 aliphatic heterocycles. The van der Waals surface area contributed by atoms with Gasteiger partial charge in [0.05, 0.1) is 25.2 Å². The van der Waals surface area contributed by atoms with E-state index in [1.165, 1.54) is 30.7 Å². The van der Waals surface area contributed by atoms with Gasteiger partial charge in [-0.1, -0.05) is 13.3 Å². The van der Waals surface area contributed by atoms with Crippen LogP contribution in [0.3, 0.4) is 0 Å². The number of benzene rings is 1. The number of hydrogen-bond acceptors (Lipinski definition) is 5. The van der Waals surface area contributed by atoms with Gasteiger partial charge in [0.25, 0.3) is 0 Å². The van der Waals surface area contributed by atoms with Crippen LogP contribution in [-0.4, -0.2) is 45.3 Å². The highest BCUT2D eigenvalue weighted by Crippen LogP contribution is 2.31. The molecule has 1 heterocycles. The summed E-state index contributed by atoms with van der Waals surface area (Å²) in [7, 11) is -0.844. The molecule has 0 amide bonds. The first-order valence-electron chi connectivity index (χ1n) is 7.71. The third kappa shape index (κ3) is 3.67. The molecule has 0 saturated carbocycles. The van der Waals surface area contributed by atoms with Gasteiger partial charge in [0.1, 0.15) is 11.5 Å². The maximum atomic E-state index is 13.0.